The van der Waals surface area contributed by atoms with Crippen LogP contribution in [-0.4, -0.2) is 38.0 Å². The van der Waals surface area contributed by atoms with Crippen LogP contribution in [0, 0.1) is 0 Å². The summed E-state index contributed by atoms with van der Waals surface area (Å²) in [6.45, 7) is 6.30. The maximum atomic E-state index is 13.9. The number of carbonyl (C=O) groups is 1. The quantitative estimate of drug-likeness (QED) is 0.224. The summed E-state index contributed by atoms with van der Waals surface area (Å²) < 4.78 is 30.3. The Bertz CT molecular complexity index is 1880. The minimum Gasteiger partial charge on any atom is -0.497 e. The molecule has 2 heterocycles. The van der Waals surface area contributed by atoms with Gasteiger partial charge in [-0.25, -0.2) is 9.79 Å². The van der Waals surface area contributed by atoms with Crippen LogP contribution in [0.2, 0.25) is 0 Å². The highest BCUT2D eigenvalue weighted by atomic mass is 32.1. The number of hydrogen-bond acceptors (Lipinski definition) is 9. The van der Waals surface area contributed by atoms with Gasteiger partial charge in [-0.15, -0.1) is 0 Å². The third-order valence-corrected chi connectivity index (χ3v) is 8.05. The summed E-state index contributed by atoms with van der Waals surface area (Å²) >= 11 is 1.27. The van der Waals surface area contributed by atoms with E-state index in [2.05, 4.69) is 4.99 Å². The molecule has 228 valence electrons. The second-order valence-corrected chi connectivity index (χ2v) is 10.8. The first-order chi connectivity index (χ1) is 21.4. The largest absolute Gasteiger partial charge is 0.497 e. The van der Waals surface area contributed by atoms with Crippen LogP contribution in [-0.2, 0) is 16.1 Å². The lowest BCUT2D eigenvalue weighted by Gasteiger charge is -2.24. The second kappa shape index (κ2) is 13.6. The Kier molecular flexibility index (Phi) is 9.50. The van der Waals surface area contributed by atoms with Crippen LogP contribution in [0.15, 0.2) is 87.8 Å². The molecule has 0 amide bonds. The molecule has 1 aliphatic rings. The maximum absolute atomic E-state index is 13.9. The van der Waals surface area contributed by atoms with Crippen molar-refractivity contribution in [2.24, 2.45) is 4.99 Å². The van der Waals surface area contributed by atoms with Gasteiger partial charge in [-0.05, 0) is 68.3 Å². The Morgan fingerprint density at radius 2 is 1.70 bits per heavy atom. The molecule has 0 saturated carbocycles. The number of carbonyl (C=O) groups excluding carboxylic acids is 1. The van der Waals surface area contributed by atoms with E-state index in [4.69, 9.17) is 23.7 Å². The number of esters is 1. The third kappa shape index (κ3) is 6.26. The molecular formula is C34H34N2O7S. The molecular weight excluding hydrogens is 580 g/mol. The molecule has 1 atom stereocenters. The van der Waals surface area contributed by atoms with E-state index < -0.39 is 12.0 Å². The van der Waals surface area contributed by atoms with Gasteiger partial charge in [-0.1, -0.05) is 47.7 Å². The third-order valence-electron chi connectivity index (χ3n) is 7.07. The molecule has 0 spiro atoms. The topological polar surface area (TPSA) is 97.6 Å². The first-order valence-corrected chi connectivity index (χ1v) is 15.0. The van der Waals surface area contributed by atoms with Gasteiger partial charge in [0.1, 0.15) is 18.1 Å². The number of ether oxygens (including phenoxy) is 5. The van der Waals surface area contributed by atoms with Crippen molar-refractivity contribution in [1.82, 2.24) is 4.57 Å². The Morgan fingerprint density at radius 3 is 2.41 bits per heavy atom. The number of rotatable bonds is 11. The highest BCUT2D eigenvalue weighted by Crippen LogP contribution is 2.33. The summed E-state index contributed by atoms with van der Waals surface area (Å²) in [6, 6.07) is 19.8. The van der Waals surface area contributed by atoms with E-state index in [9.17, 15) is 9.59 Å². The molecule has 0 aliphatic carbocycles. The smallest absolute Gasteiger partial charge is 0.338 e. The summed E-state index contributed by atoms with van der Waals surface area (Å²) in [4.78, 5) is 32.1. The molecule has 0 radical (unpaired) electrons. The molecule has 1 aromatic heterocycles. The van der Waals surface area contributed by atoms with Crippen molar-refractivity contribution in [3.05, 3.63) is 114 Å². The number of hydrogen-bond donors (Lipinski definition) is 0. The predicted molar refractivity (Wildman–Crippen MR) is 168 cm³/mol. The van der Waals surface area contributed by atoms with E-state index in [-0.39, 0.29) is 18.8 Å². The van der Waals surface area contributed by atoms with Gasteiger partial charge in [0, 0.05) is 5.56 Å². The lowest BCUT2D eigenvalue weighted by molar-refractivity contribution is -0.139. The molecule has 0 saturated heterocycles. The van der Waals surface area contributed by atoms with Crippen molar-refractivity contribution < 1.29 is 28.5 Å². The van der Waals surface area contributed by atoms with Crippen LogP contribution in [0.25, 0.3) is 6.08 Å². The molecule has 3 aromatic carbocycles. The summed E-state index contributed by atoms with van der Waals surface area (Å²) in [5, 5.41) is 0. The van der Waals surface area contributed by atoms with Gasteiger partial charge in [-0.3, -0.25) is 9.36 Å². The standard InChI is InChI=1S/C34H34N2O7S/c1-6-41-28-17-22(13-15-27(28)43-20-24-19-25(39-4)14-16-26(24)40-5)18-29-32(37)36-31(23-11-9-8-10-12-23)30(33(38)42-7-2)21(3)35-34(36)44-29/h8-19,31H,6-7,20H2,1-5H3/b29-18-/t31-/m0/s1. The monoisotopic (exact) mass is 614 g/mol. The van der Waals surface area contributed by atoms with Gasteiger partial charge in [0.15, 0.2) is 16.3 Å². The lowest BCUT2D eigenvalue weighted by atomic mass is 9.96. The number of thiazole rings is 1. The molecule has 0 unspecified atom stereocenters. The van der Waals surface area contributed by atoms with E-state index in [1.165, 1.54) is 11.3 Å². The van der Waals surface area contributed by atoms with Crippen LogP contribution in [0.3, 0.4) is 0 Å². The first-order valence-electron chi connectivity index (χ1n) is 14.2. The van der Waals surface area contributed by atoms with Crippen LogP contribution in [0.5, 0.6) is 23.0 Å². The predicted octanol–water partition coefficient (Wildman–Crippen LogP) is 4.79. The van der Waals surface area contributed by atoms with Gasteiger partial charge in [-0.2, -0.15) is 0 Å². The van der Waals surface area contributed by atoms with Crippen LogP contribution < -0.4 is 33.8 Å². The summed E-state index contributed by atoms with van der Waals surface area (Å²) in [5.74, 6) is 1.99. The fourth-order valence-corrected chi connectivity index (χ4v) is 6.09. The highest BCUT2D eigenvalue weighted by molar-refractivity contribution is 7.07. The Morgan fingerprint density at radius 1 is 0.932 bits per heavy atom. The molecule has 4 aromatic rings. The van der Waals surface area contributed by atoms with Crippen LogP contribution in [0.4, 0.5) is 0 Å². The van der Waals surface area contributed by atoms with Crippen molar-refractivity contribution >= 4 is 23.4 Å². The molecule has 0 bridgehead atoms. The van der Waals surface area contributed by atoms with Crippen molar-refractivity contribution in [3.8, 4) is 23.0 Å². The van der Waals surface area contributed by atoms with Gasteiger partial charge in [0.05, 0.1) is 49.3 Å². The molecule has 44 heavy (non-hydrogen) atoms. The highest BCUT2D eigenvalue weighted by Gasteiger charge is 2.33. The molecule has 10 heteroatoms. The number of methoxy groups -OCH3 is 2. The van der Waals surface area contributed by atoms with Gasteiger partial charge < -0.3 is 23.7 Å². The molecule has 1 aliphatic heterocycles. The molecule has 0 fully saturated rings. The van der Waals surface area contributed by atoms with Crippen molar-refractivity contribution in [3.63, 3.8) is 0 Å². The van der Waals surface area contributed by atoms with Crippen LogP contribution in [0.1, 0.15) is 43.5 Å². The fraction of sp³-hybridized carbons (Fsp3) is 0.265. The number of nitrogens with zero attached hydrogens (tertiary/aromatic N) is 2. The number of fused-ring (bicyclic) bond motifs is 1. The minimum absolute atomic E-state index is 0.219. The zero-order valence-electron chi connectivity index (χ0n) is 25.3. The Hall–Kier alpha value is -4.83. The maximum Gasteiger partial charge on any atom is 0.338 e. The average Bonchev–Trinajstić information content (AvgIpc) is 3.34. The second-order valence-electron chi connectivity index (χ2n) is 9.82. The summed E-state index contributed by atoms with van der Waals surface area (Å²) in [5.41, 5.74) is 3.00. The number of allylic oxidation sites excluding steroid dienone is 1. The summed E-state index contributed by atoms with van der Waals surface area (Å²) in [6.07, 6.45) is 1.80. The van der Waals surface area contributed by atoms with Gasteiger partial charge in [0.25, 0.3) is 5.56 Å². The van der Waals surface area contributed by atoms with Gasteiger partial charge in [0.2, 0.25) is 0 Å². The number of aromatic nitrogens is 1. The fourth-order valence-electron chi connectivity index (χ4n) is 5.05. The lowest BCUT2D eigenvalue weighted by Crippen LogP contribution is -2.39. The van der Waals surface area contributed by atoms with Crippen molar-refractivity contribution in [1.29, 1.82) is 0 Å². The van der Waals surface area contributed by atoms with E-state index in [1.54, 1.807) is 38.7 Å². The normalized spacial score (nSPS) is 14.5. The van der Waals surface area contributed by atoms with Crippen molar-refractivity contribution in [2.45, 2.75) is 33.4 Å². The first kappa shape index (κ1) is 30.6. The van der Waals surface area contributed by atoms with Crippen molar-refractivity contribution in [2.75, 3.05) is 27.4 Å². The minimum atomic E-state index is -0.656. The Labute approximate surface area is 259 Å². The Balaban J connectivity index is 1.52. The van der Waals surface area contributed by atoms with E-state index in [0.29, 0.717) is 50.2 Å². The zero-order chi connectivity index (χ0) is 31.2. The molecule has 5 rings (SSSR count). The zero-order valence-corrected chi connectivity index (χ0v) is 26.1. The summed E-state index contributed by atoms with van der Waals surface area (Å²) in [7, 11) is 3.22. The van der Waals surface area contributed by atoms with E-state index in [1.807, 2.05) is 73.7 Å². The molecule has 9 nitrogen and oxygen atoms in total. The molecule has 0 N–H and O–H groups in total. The van der Waals surface area contributed by atoms with Crippen LogP contribution >= 0.6 is 11.3 Å². The van der Waals surface area contributed by atoms with Gasteiger partial charge >= 0.3 is 5.97 Å². The number of benzene rings is 3. The SMILES string of the molecule is CCOC(=O)C1=C(C)N=c2s/c(=C\c3ccc(OCc4cc(OC)ccc4OC)c(OCC)c3)c(=O)n2[C@H]1c1ccccc1. The average molecular weight is 615 g/mol. The van der Waals surface area contributed by atoms with E-state index in [0.717, 1.165) is 16.7 Å². The van der Waals surface area contributed by atoms with E-state index >= 15 is 0 Å².